The van der Waals surface area contributed by atoms with Crippen LogP contribution in [0.2, 0.25) is 0 Å². The van der Waals surface area contributed by atoms with Crippen LogP contribution in [0.5, 0.6) is 0 Å². The average Bonchev–Trinajstić information content (AvgIpc) is 2.37. The summed E-state index contributed by atoms with van der Waals surface area (Å²) in [6.45, 7) is 6.74. The monoisotopic (exact) mass is 245 g/mol. The third-order valence-corrected chi connectivity index (χ3v) is 4.22. The molecule has 0 aliphatic heterocycles. The van der Waals surface area contributed by atoms with E-state index in [1.165, 1.54) is 49.8 Å². The summed E-state index contributed by atoms with van der Waals surface area (Å²) >= 11 is 0. The molecule has 1 aromatic rings. The molecule has 0 amide bonds. The van der Waals surface area contributed by atoms with E-state index in [1.54, 1.807) is 0 Å². The fourth-order valence-corrected chi connectivity index (χ4v) is 3.07. The Labute approximate surface area is 112 Å². The summed E-state index contributed by atoms with van der Waals surface area (Å²) in [5.74, 6) is 1.93. The number of benzene rings is 1. The molecule has 1 aromatic carbocycles. The van der Waals surface area contributed by atoms with E-state index < -0.39 is 0 Å². The zero-order valence-electron chi connectivity index (χ0n) is 11.9. The van der Waals surface area contributed by atoms with E-state index in [0.717, 1.165) is 18.4 Å². The van der Waals surface area contributed by atoms with Gasteiger partial charge in [-0.3, -0.25) is 0 Å². The quantitative estimate of drug-likeness (QED) is 0.763. The fourth-order valence-electron chi connectivity index (χ4n) is 3.07. The number of hydrogen-bond donors (Lipinski definition) is 1. The minimum absolute atomic E-state index is 0.959. The molecule has 2 rings (SSSR count). The van der Waals surface area contributed by atoms with E-state index in [9.17, 15) is 0 Å². The first-order valence-corrected chi connectivity index (χ1v) is 7.50. The number of nitrogens with one attached hydrogen (secondary N) is 1. The highest BCUT2D eigenvalue weighted by Crippen LogP contribution is 2.30. The lowest BCUT2D eigenvalue weighted by molar-refractivity contribution is 0.267. The highest BCUT2D eigenvalue weighted by Gasteiger charge is 2.17. The summed E-state index contributed by atoms with van der Waals surface area (Å²) in [6, 6.07) is 8.84. The van der Waals surface area contributed by atoms with Crippen molar-refractivity contribution in [1.82, 2.24) is 5.32 Å². The summed E-state index contributed by atoms with van der Waals surface area (Å²) < 4.78 is 0. The van der Waals surface area contributed by atoms with Crippen molar-refractivity contribution in [3.63, 3.8) is 0 Å². The zero-order chi connectivity index (χ0) is 12.8. The van der Waals surface area contributed by atoms with Gasteiger partial charge >= 0.3 is 0 Å². The molecule has 1 nitrogen and oxygen atoms in total. The topological polar surface area (TPSA) is 12.0 Å². The molecular formula is C17H27N. The van der Waals surface area contributed by atoms with Crippen LogP contribution in [0.4, 0.5) is 0 Å². The molecular weight excluding hydrogens is 218 g/mol. The van der Waals surface area contributed by atoms with Gasteiger partial charge in [0.05, 0.1) is 0 Å². The second-order valence-corrected chi connectivity index (χ2v) is 6.09. The van der Waals surface area contributed by atoms with Gasteiger partial charge in [0.1, 0.15) is 0 Å². The maximum absolute atomic E-state index is 3.58. The van der Waals surface area contributed by atoms with Gasteiger partial charge in [0, 0.05) is 6.54 Å². The molecule has 1 aliphatic carbocycles. The summed E-state index contributed by atoms with van der Waals surface area (Å²) in [6.07, 6.45) is 7.16. The Morgan fingerprint density at radius 1 is 1.17 bits per heavy atom. The molecule has 0 radical (unpaired) electrons. The zero-order valence-corrected chi connectivity index (χ0v) is 11.9. The number of rotatable bonds is 5. The Morgan fingerprint density at radius 3 is 2.67 bits per heavy atom. The standard InChI is InChI=1S/C17H27N/c1-14-6-8-17(9-7-14)13-18-11-10-16-5-3-4-15(2)12-16/h6-9,15-16,18H,3-5,10-13H2,1-2H3. The smallest absolute Gasteiger partial charge is 0.0205 e. The molecule has 0 saturated heterocycles. The molecule has 1 heteroatoms. The molecule has 1 N–H and O–H groups in total. The Balaban J connectivity index is 1.62. The van der Waals surface area contributed by atoms with E-state index in [2.05, 4.69) is 43.4 Å². The third kappa shape index (κ3) is 4.45. The second-order valence-electron chi connectivity index (χ2n) is 6.09. The Kier molecular flexibility index (Phi) is 5.25. The van der Waals surface area contributed by atoms with Crippen LogP contribution in [0.25, 0.3) is 0 Å². The van der Waals surface area contributed by atoms with Crippen LogP contribution in [0.1, 0.15) is 50.2 Å². The lowest BCUT2D eigenvalue weighted by atomic mass is 9.81. The summed E-state index contributed by atoms with van der Waals surface area (Å²) in [4.78, 5) is 0. The molecule has 1 fully saturated rings. The van der Waals surface area contributed by atoms with Gasteiger partial charge in [-0.1, -0.05) is 56.0 Å². The molecule has 0 bridgehead atoms. The largest absolute Gasteiger partial charge is 0.313 e. The van der Waals surface area contributed by atoms with Gasteiger partial charge in [-0.15, -0.1) is 0 Å². The van der Waals surface area contributed by atoms with Gasteiger partial charge in [-0.2, -0.15) is 0 Å². The van der Waals surface area contributed by atoms with Crippen LogP contribution >= 0.6 is 0 Å². The van der Waals surface area contributed by atoms with Crippen LogP contribution in [0.3, 0.4) is 0 Å². The van der Waals surface area contributed by atoms with Crippen molar-refractivity contribution < 1.29 is 0 Å². The Bertz CT molecular complexity index is 341. The Hall–Kier alpha value is -0.820. The molecule has 1 saturated carbocycles. The lowest BCUT2D eigenvalue weighted by Gasteiger charge is -2.26. The maximum Gasteiger partial charge on any atom is 0.0205 e. The van der Waals surface area contributed by atoms with Gasteiger partial charge in [-0.05, 0) is 43.7 Å². The van der Waals surface area contributed by atoms with Crippen LogP contribution in [0, 0.1) is 18.8 Å². The van der Waals surface area contributed by atoms with Gasteiger partial charge in [0.15, 0.2) is 0 Å². The van der Waals surface area contributed by atoms with Crippen molar-refractivity contribution in [2.24, 2.45) is 11.8 Å². The third-order valence-electron chi connectivity index (χ3n) is 4.22. The molecule has 0 spiro atoms. The summed E-state index contributed by atoms with van der Waals surface area (Å²) in [5, 5.41) is 3.58. The van der Waals surface area contributed by atoms with Crippen molar-refractivity contribution >= 4 is 0 Å². The van der Waals surface area contributed by atoms with E-state index >= 15 is 0 Å². The average molecular weight is 245 g/mol. The van der Waals surface area contributed by atoms with Gasteiger partial charge in [0.2, 0.25) is 0 Å². The minimum atomic E-state index is 0.959. The molecule has 100 valence electrons. The van der Waals surface area contributed by atoms with Crippen LogP contribution in [-0.4, -0.2) is 6.54 Å². The molecule has 18 heavy (non-hydrogen) atoms. The number of aryl methyl sites for hydroxylation is 1. The number of hydrogen-bond acceptors (Lipinski definition) is 1. The highest BCUT2D eigenvalue weighted by atomic mass is 14.8. The Morgan fingerprint density at radius 2 is 1.94 bits per heavy atom. The predicted molar refractivity (Wildman–Crippen MR) is 78.6 cm³/mol. The molecule has 2 atom stereocenters. The van der Waals surface area contributed by atoms with Crippen molar-refractivity contribution in [1.29, 1.82) is 0 Å². The second kappa shape index (κ2) is 6.94. The fraction of sp³-hybridized carbons (Fsp3) is 0.647. The van der Waals surface area contributed by atoms with Crippen LogP contribution < -0.4 is 5.32 Å². The van der Waals surface area contributed by atoms with Crippen molar-refractivity contribution in [3.05, 3.63) is 35.4 Å². The van der Waals surface area contributed by atoms with E-state index in [0.29, 0.717) is 0 Å². The summed E-state index contributed by atoms with van der Waals surface area (Å²) in [5.41, 5.74) is 2.74. The normalized spacial score (nSPS) is 24.1. The van der Waals surface area contributed by atoms with Crippen molar-refractivity contribution in [2.75, 3.05) is 6.54 Å². The first-order chi connectivity index (χ1) is 8.74. The van der Waals surface area contributed by atoms with E-state index in [4.69, 9.17) is 0 Å². The van der Waals surface area contributed by atoms with Crippen molar-refractivity contribution in [2.45, 2.75) is 52.5 Å². The SMILES string of the molecule is Cc1ccc(CNCCC2CCCC(C)C2)cc1. The predicted octanol–water partition coefficient (Wildman–Crippen LogP) is 4.30. The molecule has 0 heterocycles. The van der Waals surface area contributed by atoms with Gasteiger partial charge < -0.3 is 5.32 Å². The molecule has 2 unspecified atom stereocenters. The first-order valence-electron chi connectivity index (χ1n) is 7.50. The van der Waals surface area contributed by atoms with Crippen LogP contribution in [-0.2, 0) is 6.54 Å². The van der Waals surface area contributed by atoms with E-state index in [1.807, 2.05) is 0 Å². The highest BCUT2D eigenvalue weighted by molar-refractivity contribution is 5.20. The maximum atomic E-state index is 3.58. The molecule has 1 aliphatic rings. The van der Waals surface area contributed by atoms with E-state index in [-0.39, 0.29) is 0 Å². The van der Waals surface area contributed by atoms with Gasteiger partial charge in [0.25, 0.3) is 0 Å². The summed E-state index contributed by atoms with van der Waals surface area (Å²) in [7, 11) is 0. The lowest BCUT2D eigenvalue weighted by Crippen LogP contribution is -2.21. The van der Waals surface area contributed by atoms with Gasteiger partial charge in [-0.25, -0.2) is 0 Å². The van der Waals surface area contributed by atoms with Crippen LogP contribution in [0.15, 0.2) is 24.3 Å². The minimum Gasteiger partial charge on any atom is -0.313 e. The molecule has 0 aromatic heterocycles. The van der Waals surface area contributed by atoms with Crippen molar-refractivity contribution in [3.8, 4) is 0 Å². The first kappa shape index (κ1) is 13.6.